The van der Waals surface area contributed by atoms with Gasteiger partial charge in [-0.05, 0) is 0 Å². The van der Waals surface area contributed by atoms with E-state index >= 15 is 0 Å². The van der Waals surface area contributed by atoms with E-state index in [-0.39, 0.29) is 6.54 Å². The Kier molecular flexibility index (Phi) is 2.39. The standard InChI is InChI=1S/C6H8N2O4/c1-12-6(11)4-5(10)8-3(9)2-7-4/h4,7H,2H2,1H3,(H,8,9,10). The molecule has 6 nitrogen and oxygen atoms in total. The highest BCUT2D eigenvalue weighted by Crippen LogP contribution is 1.92. The van der Waals surface area contributed by atoms with Crippen LogP contribution in [0.3, 0.4) is 0 Å². The number of methoxy groups -OCH3 is 1. The van der Waals surface area contributed by atoms with Crippen LogP contribution in [0.5, 0.6) is 0 Å². The summed E-state index contributed by atoms with van der Waals surface area (Å²) in [6.45, 7) is -0.0501. The Hall–Kier alpha value is -1.43. The molecule has 1 unspecified atom stereocenters. The maximum Gasteiger partial charge on any atom is 0.332 e. The van der Waals surface area contributed by atoms with Crippen molar-refractivity contribution in [3.05, 3.63) is 0 Å². The van der Waals surface area contributed by atoms with Crippen LogP contribution in [0.25, 0.3) is 0 Å². The number of esters is 1. The highest BCUT2D eigenvalue weighted by Gasteiger charge is 2.32. The maximum absolute atomic E-state index is 10.9. The zero-order valence-electron chi connectivity index (χ0n) is 6.42. The van der Waals surface area contributed by atoms with Gasteiger partial charge in [-0.3, -0.25) is 20.2 Å². The molecule has 1 saturated heterocycles. The molecule has 1 atom stereocenters. The van der Waals surface area contributed by atoms with E-state index in [0.717, 1.165) is 0 Å². The van der Waals surface area contributed by atoms with Crippen LogP contribution >= 0.6 is 0 Å². The zero-order valence-corrected chi connectivity index (χ0v) is 6.42. The Bertz CT molecular complexity index is 238. The van der Waals surface area contributed by atoms with Gasteiger partial charge in [-0.2, -0.15) is 0 Å². The SMILES string of the molecule is COC(=O)C1NCC(=O)NC1=O. The first-order valence-electron chi connectivity index (χ1n) is 3.30. The first-order chi connectivity index (χ1) is 5.65. The van der Waals surface area contributed by atoms with Crippen molar-refractivity contribution >= 4 is 17.8 Å². The third kappa shape index (κ3) is 1.59. The van der Waals surface area contributed by atoms with Gasteiger partial charge in [0, 0.05) is 0 Å². The molecule has 2 amide bonds. The van der Waals surface area contributed by atoms with E-state index in [2.05, 4.69) is 10.1 Å². The molecule has 1 aliphatic rings. The van der Waals surface area contributed by atoms with Crippen molar-refractivity contribution in [3.63, 3.8) is 0 Å². The molecule has 1 aliphatic heterocycles. The summed E-state index contributed by atoms with van der Waals surface area (Å²) in [5.41, 5.74) is 0. The van der Waals surface area contributed by atoms with Gasteiger partial charge in [-0.25, -0.2) is 4.79 Å². The Balaban J connectivity index is 2.62. The minimum Gasteiger partial charge on any atom is -0.467 e. The second-order valence-electron chi connectivity index (χ2n) is 2.25. The number of hydrogen-bond donors (Lipinski definition) is 2. The molecule has 0 saturated carbocycles. The summed E-state index contributed by atoms with van der Waals surface area (Å²) in [5.74, 6) is -1.81. The van der Waals surface area contributed by atoms with Gasteiger partial charge in [0.15, 0.2) is 6.04 Å². The van der Waals surface area contributed by atoms with E-state index < -0.39 is 23.8 Å². The number of ether oxygens (including phenoxy) is 1. The van der Waals surface area contributed by atoms with Crippen LogP contribution < -0.4 is 10.6 Å². The number of imide groups is 1. The number of rotatable bonds is 1. The molecular formula is C6H8N2O4. The van der Waals surface area contributed by atoms with Crippen molar-refractivity contribution in [2.45, 2.75) is 6.04 Å². The fourth-order valence-corrected chi connectivity index (χ4v) is 0.849. The Morgan fingerprint density at radius 1 is 1.58 bits per heavy atom. The molecule has 1 fully saturated rings. The largest absolute Gasteiger partial charge is 0.467 e. The minimum atomic E-state index is -1.06. The van der Waals surface area contributed by atoms with Crippen molar-refractivity contribution in [2.24, 2.45) is 0 Å². The van der Waals surface area contributed by atoms with Gasteiger partial charge >= 0.3 is 5.97 Å². The van der Waals surface area contributed by atoms with Crippen molar-refractivity contribution in [1.29, 1.82) is 0 Å². The highest BCUT2D eigenvalue weighted by molar-refractivity contribution is 6.10. The van der Waals surface area contributed by atoms with Crippen LogP contribution in [-0.4, -0.2) is 37.5 Å². The van der Waals surface area contributed by atoms with Gasteiger partial charge in [0.1, 0.15) is 0 Å². The van der Waals surface area contributed by atoms with Gasteiger partial charge < -0.3 is 4.74 Å². The number of carbonyl (C=O) groups excluding carboxylic acids is 3. The van der Waals surface area contributed by atoms with Crippen LogP contribution in [0.2, 0.25) is 0 Å². The van der Waals surface area contributed by atoms with E-state index in [1.165, 1.54) is 7.11 Å². The third-order valence-electron chi connectivity index (χ3n) is 1.43. The summed E-state index contributed by atoms with van der Waals surface area (Å²) in [6, 6.07) is -1.06. The molecule has 2 N–H and O–H groups in total. The average molecular weight is 172 g/mol. The normalized spacial score (nSPS) is 23.2. The summed E-state index contributed by atoms with van der Waals surface area (Å²) in [4.78, 5) is 32.3. The van der Waals surface area contributed by atoms with Crippen LogP contribution in [0.1, 0.15) is 0 Å². The van der Waals surface area contributed by atoms with Crippen LogP contribution in [-0.2, 0) is 19.1 Å². The lowest BCUT2D eigenvalue weighted by atomic mass is 10.2. The summed E-state index contributed by atoms with van der Waals surface area (Å²) in [7, 11) is 1.17. The predicted molar refractivity (Wildman–Crippen MR) is 37.0 cm³/mol. The zero-order chi connectivity index (χ0) is 9.14. The number of amides is 2. The molecule has 66 valence electrons. The second kappa shape index (κ2) is 3.31. The Morgan fingerprint density at radius 2 is 2.25 bits per heavy atom. The molecule has 0 aromatic carbocycles. The second-order valence-corrected chi connectivity index (χ2v) is 2.25. The topological polar surface area (TPSA) is 84.5 Å². The Morgan fingerprint density at radius 3 is 2.75 bits per heavy atom. The number of nitrogens with one attached hydrogen (secondary N) is 2. The van der Waals surface area contributed by atoms with Crippen molar-refractivity contribution < 1.29 is 19.1 Å². The van der Waals surface area contributed by atoms with Crippen molar-refractivity contribution in [1.82, 2.24) is 10.6 Å². The minimum absolute atomic E-state index is 0.0501. The van der Waals surface area contributed by atoms with E-state index in [0.29, 0.717) is 0 Å². The first kappa shape index (κ1) is 8.66. The monoisotopic (exact) mass is 172 g/mol. The summed E-state index contributed by atoms with van der Waals surface area (Å²) in [5, 5.41) is 4.44. The molecule has 0 aliphatic carbocycles. The van der Waals surface area contributed by atoms with Crippen LogP contribution in [0.15, 0.2) is 0 Å². The molecule has 0 spiro atoms. The van der Waals surface area contributed by atoms with Gasteiger partial charge in [0.2, 0.25) is 5.91 Å². The average Bonchev–Trinajstić information content (AvgIpc) is 2.03. The van der Waals surface area contributed by atoms with Gasteiger partial charge in [0.25, 0.3) is 5.91 Å². The molecule has 0 aromatic rings. The molecule has 0 radical (unpaired) electrons. The quantitative estimate of drug-likeness (QED) is 0.266. The lowest BCUT2D eigenvalue weighted by Gasteiger charge is -2.19. The van der Waals surface area contributed by atoms with Crippen molar-refractivity contribution in [3.8, 4) is 0 Å². The fraction of sp³-hybridized carbons (Fsp3) is 0.500. The highest BCUT2D eigenvalue weighted by atomic mass is 16.5. The van der Waals surface area contributed by atoms with Crippen LogP contribution in [0, 0.1) is 0 Å². The van der Waals surface area contributed by atoms with Gasteiger partial charge in [-0.1, -0.05) is 0 Å². The van der Waals surface area contributed by atoms with Gasteiger partial charge in [-0.15, -0.1) is 0 Å². The molecule has 0 bridgehead atoms. The van der Waals surface area contributed by atoms with E-state index in [9.17, 15) is 14.4 Å². The Labute approximate surface area is 68.3 Å². The summed E-state index contributed by atoms with van der Waals surface area (Å²) in [6.07, 6.45) is 0. The molecular weight excluding hydrogens is 164 g/mol. The molecule has 6 heteroatoms. The van der Waals surface area contributed by atoms with Gasteiger partial charge in [0.05, 0.1) is 13.7 Å². The lowest BCUT2D eigenvalue weighted by molar-refractivity contribution is -0.149. The van der Waals surface area contributed by atoms with Crippen LogP contribution in [0.4, 0.5) is 0 Å². The molecule has 12 heavy (non-hydrogen) atoms. The van der Waals surface area contributed by atoms with E-state index in [1.54, 1.807) is 0 Å². The smallest absolute Gasteiger partial charge is 0.332 e. The van der Waals surface area contributed by atoms with E-state index in [4.69, 9.17) is 0 Å². The predicted octanol–water partition coefficient (Wildman–Crippen LogP) is -2.23. The summed E-state index contributed by atoms with van der Waals surface area (Å²) >= 11 is 0. The number of piperazine rings is 1. The molecule has 1 heterocycles. The fourth-order valence-electron chi connectivity index (χ4n) is 0.849. The maximum atomic E-state index is 10.9. The molecule has 1 rings (SSSR count). The summed E-state index contributed by atoms with van der Waals surface area (Å²) < 4.78 is 4.32. The van der Waals surface area contributed by atoms with E-state index in [1.807, 2.05) is 5.32 Å². The molecule has 0 aromatic heterocycles. The third-order valence-corrected chi connectivity index (χ3v) is 1.43. The first-order valence-corrected chi connectivity index (χ1v) is 3.30. The number of hydrogen-bond acceptors (Lipinski definition) is 5. The van der Waals surface area contributed by atoms with Crippen molar-refractivity contribution in [2.75, 3.05) is 13.7 Å². The lowest BCUT2D eigenvalue weighted by Crippen LogP contribution is -2.59. The number of carbonyl (C=O) groups is 3.